The number of halogens is 4. The van der Waals surface area contributed by atoms with Gasteiger partial charge in [0.2, 0.25) is 17.8 Å². The molecule has 208 valence electrons. The molecule has 1 aromatic carbocycles. The fourth-order valence-electron chi connectivity index (χ4n) is 5.19. The van der Waals surface area contributed by atoms with Crippen molar-refractivity contribution in [2.75, 3.05) is 23.7 Å². The van der Waals surface area contributed by atoms with E-state index in [1.54, 1.807) is 4.57 Å². The summed E-state index contributed by atoms with van der Waals surface area (Å²) in [6.45, 7) is -0.154. The molecule has 2 unspecified atom stereocenters. The van der Waals surface area contributed by atoms with E-state index < -0.39 is 47.4 Å². The fraction of sp³-hybridized carbons (Fsp3) is 0.458. The molecule has 0 spiro atoms. The smallest absolute Gasteiger partial charge is 0.407 e. The average molecular weight is 551 g/mol. The van der Waals surface area contributed by atoms with Crippen LogP contribution < -0.4 is 16.4 Å². The lowest BCUT2D eigenvalue weighted by Gasteiger charge is -2.33. The van der Waals surface area contributed by atoms with Crippen molar-refractivity contribution in [3.05, 3.63) is 35.8 Å². The topological polar surface area (TPSA) is 151 Å². The van der Waals surface area contributed by atoms with E-state index in [9.17, 15) is 27.2 Å². The van der Waals surface area contributed by atoms with Crippen LogP contribution in [-0.2, 0) is 4.79 Å². The third-order valence-electron chi connectivity index (χ3n) is 7.27. The van der Waals surface area contributed by atoms with E-state index in [-0.39, 0.29) is 48.9 Å². The summed E-state index contributed by atoms with van der Waals surface area (Å²) in [7, 11) is 0. The van der Waals surface area contributed by atoms with Gasteiger partial charge < -0.3 is 26.4 Å². The van der Waals surface area contributed by atoms with Gasteiger partial charge in [0.25, 0.3) is 0 Å². The fourth-order valence-corrected chi connectivity index (χ4v) is 5.19. The van der Waals surface area contributed by atoms with Crippen molar-refractivity contribution >= 4 is 40.7 Å². The average Bonchev–Trinajstić information content (AvgIpc) is 3.24. The number of imidazole rings is 1. The Balaban J connectivity index is 1.48. The Morgan fingerprint density at radius 3 is 2.36 bits per heavy atom. The SMILES string of the molecule is NC(=O)C1CCC(n2c(Nc3c(F)cc(F)cc3F)nc3cnc(NC4CCN(C(=O)O)CC4F)nc32)CC1. The van der Waals surface area contributed by atoms with E-state index in [1.807, 2.05) is 0 Å². The molecular formula is C24H26F4N8O3. The zero-order valence-electron chi connectivity index (χ0n) is 20.6. The molecule has 2 fully saturated rings. The van der Waals surface area contributed by atoms with Crippen LogP contribution in [0, 0.1) is 23.4 Å². The number of fused-ring (bicyclic) bond motifs is 1. The zero-order valence-corrected chi connectivity index (χ0v) is 20.6. The predicted octanol–water partition coefficient (Wildman–Crippen LogP) is 3.71. The highest BCUT2D eigenvalue weighted by atomic mass is 19.1. The van der Waals surface area contributed by atoms with Gasteiger partial charge in [-0.15, -0.1) is 0 Å². The third kappa shape index (κ3) is 5.38. The summed E-state index contributed by atoms with van der Waals surface area (Å²) in [6, 6.07) is 0.0680. The maximum absolute atomic E-state index is 14.7. The maximum atomic E-state index is 14.7. The summed E-state index contributed by atoms with van der Waals surface area (Å²) in [6.07, 6.45) is 0.840. The first-order valence-corrected chi connectivity index (χ1v) is 12.4. The van der Waals surface area contributed by atoms with Crippen molar-refractivity contribution in [2.24, 2.45) is 11.7 Å². The molecule has 39 heavy (non-hydrogen) atoms. The number of hydrogen-bond donors (Lipinski definition) is 4. The van der Waals surface area contributed by atoms with Crippen molar-refractivity contribution in [2.45, 2.75) is 50.4 Å². The number of amides is 2. The summed E-state index contributed by atoms with van der Waals surface area (Å²) in [5.74, 6) is -3.99. The van der Waals surface area contributed by atoms with Crippen LogP contribution >= 0.6 is 0 Å². The van der Waals surface area contributed by atoms with Crippen molar-refractivity contribution in [3.8, 4) is 0 Å². The molecule has 11 nitrogen and oxygen atoms in total. The van der Waals surface area contributed by atoms with Crippen molar-refractivity contribution in [1.29, 1.82) is 0 Å². The van der Waals surface area contributed by atoms with Gasteiger partial charge in [-0.2, -0.15) is 4.98 Å². The highest BCUT2D eigenvalue weighted by Gasteiger charge is 2.33. The second-order valence-electron chi connectivity index (χ2n) is 9.77. The molecule has 2 aliphatic rings. The lowest BCUT2D eigenvalue weighted by atomic mass is 9.85. The zero-order chi connectivity index (χ0) is 27.8. The number of nitrogens with two attached hydrogens (primary N) is 1. The number of carbonyl (C=O) groups is 2. The van der Waals surface area contributed by atoms with Crippen LogP contribution in [0.25, 0.3) is 11.2 Å². The van der Waals surface area contributed by atoms with E-state index in [0.29, 0.717) is 43.5 Å². The molecule has 1 saturated heterocycles. The number of piperidine rings is 1. The number of nitrogens with zero attached hydrogens (tertiary/aromatic N) is 5. The molecule has 1 saturated carbocycles. The molecule has 15 heteroatoms. The molecule has 5 rings (SSSR count). The van der Waals surface area contributed by atoms with Crippen molar-refractivity contribution in [1.82, 2.24) is 24.4 Å². The van der Waals surface area contributed by atoms with Gasteiger partial charge in [0, 0.05) is 30.6 Å². The monoisotopic (exact) mass is 550 g/mol. The van der Waals surface area contributed by atoms with E-state index >= 15 is 0 Å². The lowest BCUT2D eigenvalue weighted by molar-refractivity contribution is -0.122. The molecule has 3 heterocycles. The van der Waals surface area contributed by atoms with Gasteiger partial charge in [-0.1, -0.05) is 0 Å². The van der Waals surface area contributed by atoms with Gasteiger partial charge in [-0.3, -0.25) is 9.36 Å². The number of hydrogen-bond acceptors (Lipinski definition) is 7. The Kier molecular flexibility index (Phi) is 7.14. The van der Waals surface area contributed by atoms with E-state index in [2.05, 4.69) is 25.6 Å². The van der Waals surface area contributed by atoms with Gasteiger partial charge in [0.05, 0.1) is 18.8 Å². The molecule has 2 amide bonds. The Bertz CT molecular complexity index is 1390. The van der Waals surface area contributed by atoms with E-state index in [0.717, 1.165) is 4.90 Å². The van der Waals surface area contributed by atoms with Crippen LogP contribution in [0.1, 0.15) is 38.1 Å². The number of aromatic nitrogens is 4. The number of carbonyl (C=O) groups excluding carboxylic acids is 1. The third-order valence-corrected chi connectivity index (χ3v) is 7.27. The first-order chi connectivity index (χ1) is 18.6. The van der Waals surface area contributed by atoms with Crippen LogP contribution in [0.3, 0.4) is 0 Å². The first-order valence-electron chi connectivity index (χ1n) is 12.4. The molecular weight excluding hydrogens is 524 g/mol. The largest absolute Gasteiger partial charge is 0.465 e. The summed E-state index contributed by atoms with van der Waals surface area (Å²) >= 11 is 0. The van der Waals surface area contributed by atoms with Gasteiger partial charge in [0.1, 0.15) is 23.2 Å². The highest BCUT2D eigenvalue weighted by Crippen LogP contribution is 2.37. The molecule has 1 aliphatic carbocycles. The van der Waals surface area contributed by atoms with Gasteiger partial charge in [0.15, 0.2) is 17.3 Å². The number of nitrogens with one attached hydrogen (secondary N) is 2. The van der Waals surface area contributed by atoms with Crippen LogP contribution in [-0.4, -0.2) is 66.8 Å². The molecule has 5 N–H and O–H groups in total. The van der Waals surface area contributed by atoms with Gasteiger partial charge in [-0.25, -0.2) is 32.3 Å². The van der Waals surface area contributed by atoms with Crippen LogP contribution in [0.2, 0.25) is 0 Å². The number of primary amides is 1. The highest BCUT2D eigenvalue weighted by molar-refractivity contribution is 5.78. The Morgan fingerprint density at radius 1 is 1.05 bits per heavy atom. The van der Waals surface area contributed by atoms with Crippen LogP contribution in [0.5, 0.6) is 0 Å². The molecule has 3 aromatic rings. The molecule has 1 aliphatic heterocycles. The van der Waals surface area contributed by atoms with Gasteiger partial charge >= 0.3 is 6.09 Å². The Labute approximate surface area is 219 Å². The predicted molar refractivity (Wildman–Crippen MR) is 132 cm³/mol. The summed E-state index contributed by atoms with van der Waals surface area (Å²) < 4.78 is 58.7. The minimum absolute atomic E-state index is 0.0292. The molecule has 0 radical (unpaired) electrons. The normalized spacial score (nSPS) is 23.5. The Morgan fingerprint density at radius 2 is 1.74 bits per heavy atom. The summed E-state index contributed by atoms with van der Waals surface area (Å²) in [5.41, 5.74) is 5.43. The van der Waals surface area contributed by atoms with Crippen molar-refractivity contribution in [3.63, 3.8) is 0 Å². The van der Waals surface area contributed by atoms with Gasteiger partial charge in [-0.05, 0) is 32.1 Å². The maximum Gasteiger partial charge on any atom is 0.407 e. The number of likely N-dealkylation sites (tertiary alicyclic amines) is 1. The van der Waals surface area contributed by atoms with E-state index in [4.69, 9.17) is 10.8 Å². The second-order valence-corrected chi connectivity index (χ2v) is 9.77. The standard InChI is InChI=1S/C24H26F4N8O3/c25-12-7-14(26)19(15(27)8-12)33-23-32-18-9-30-22(31-17-5-6-35(24(38)39)10-16(17)28)34-21(18)36(23)13-3-1-11(2-4-13)20(29)37/h7-9,11,13,16-17H,1-6,10H2,(H2,29,37)(H,32,33)(H,38,39)(H,30,31,34). The van der Waals surface area contributed by atoms with E-state index in [1.165, 1.54) is 6.20 Å². The minimum Gasteiger partial charge on any atom is -0.465 e. The second kappa shape index (κ2) is 10.5. The summed E-state index contributed by atoms with van der Waals surface area (Å²) in [5, 5.41) is 14.6. The number of carboxylic acid groups (broad SMARTS) is 1. The molecule has 2 atom stereocenters. The first kappa shape index (κ1) is 26.4. The number of benzene rings is 1. The Hall–Kier alpha value is -4.17. The van der Waals surface area contributed by atoms with Crippen LogP contribution in [0.15, 0.2) is 18.3 Å². The van der Waals surface area contributed by atoms with Crippen molar-refractivity contribution < 1.29 is 32.3 Å². The summed E-state index contributed by atoms with van der Waals surface area (Å²) in [4.78, 5) is 36.9. The quantitative estimate of drug-likeness (QED) is 0.339. The number of alkyl halides is 1. The lowest BCUT2D eigenvalue weighted by Crippen LogP contribution is -2.49. The minimum atomic E-state index is -1.50. The number of anilines is 3. The number of rotatable bonds is 6. The van der Waals surface area contributed by atoms with Crippen LogP contribution in [0.4, 0.5) is 39.9 Å². The molecule has 0 bridgehead atoms. The molecule has 2 aromatic heterocycles.